The van der Waals surface area contributed by atoms with E-state index in [0.717, 1.165) is 12.8 Å². The van der Waals surface area contributed by atoms with Gasteiger partial charge in [-0.2, -0.15) is 0 Å². The molecule has 4 N–H and O–H groups in total. The zero-order valence-electron chi connectivity index (χ0n) is 9.32. The maximum atomic E-state index is 11.3. The molecule has 0 fully saturated rings. The van der Waals surface area contributed by atoms with Crippen LogP contribution in [0, 0.1) is 0 Å². The molecule has 0 saturated carbocycles. The lowest BCUT2D eigenvalue weighted by Crippen LogP contribution is -2.42. The maximum Gasteiger partial charge on any atom is 0.326 e. The zero-order chi connectivity index (χ0) is 11.8. The van der Waals surface area contributed by atoms with Gasteiger partial charge in [-0.1, -0.05) is 20.3 Å². The average Bonchev–Trinajstić information content (AvgIpc) is 2.13. The second kappa shape index (κ2) is 7.23. The van der Waals surface area contributed by atoms with Gasteiger partial charge in [0.15, 0.2) is 0 Å². The topological polar surface area (TPSA) is 92.4 Å². The van der Waals surface area contributed by atoms with Crippen LogP contribution >= 0.6 is 0 Å². The monoisotopic (exact) mass is 216 g/mol. The lowest BCUT2D eigenvalue weighted by Gasteiger charge is -2.14. The van der Waals surface area contributed by atoms with Crippen molar-refractivity contribution in [2.45, 2.75) is 51.6 Å². The number of hydrogen-bond acceptors (Lipinski definition) is 3. The maximum absolute atomic E-state index is 11.3. The first-order chi connectivity index (χ1) is 7.01. The van der Waals surface area contributed by atoms with E-state index in [2.05, 4.69) is 5.32 Å². The molecule has 0 aliphatic rings. The molecule has 0 rings (SSSR count). The summed E-state index contributed by atoms with van der Waals surface area (Å²) in [4.78, 5) is 22.0. The Kier molecular flexibility index (Phi) is 6.70. The summed E-state index contributed by atoms with van der Waals surface area (Å²) in [5.41, 5.74) is 5.67. The molecule has 0 aromatic heterocycles. The van der Waals surface area contributed by atoms with Crippen molar-refractivity contribution in [3.8, 4) is 0 Å². The summed E-state index contributed by atoms with van der Waals surface area (Å²) < 4.78 is 0. The van der Waals surface area contributed by atoms with Gasteiger partial charge in [0.25, 0.3) is 0 Å². The molecule has 0 spiro atoms. The van der Waals surface area contributed by atoms with E-state index in [9.17, 15) is 9.59 Å². The van der Waals surface area contributed by atoms with E-state index < -0.39 is 12.0 Å². The van der Waals surface area contributed by atoms with E-state index >= 15 is 0 Å². The smallest absolute Gasteiger partial charge is 0.326 e. The van der Waals surface area contributed by atoms with Gasteiger partial charge in [0, 0.05) is 12.5 Å². The molecule has 5 heteroatoms. The second-order valence-electron chi connectivity index (χ2n) is 3.62. The minimum Gasteiger partial charge on any atom is -0.480 e. The summed E-state index contributed by atoms with van der Waals surface area (Å²) >= 11 is 0. The van der Waals surface area contributed by atoms with Gasteiger partial charge in [0.1, 0.15) is 6.04 Å². The third kappa shape index (κ3) is 6.06. The second-order valence-corrected chi connectivity index (χ2v) is 3.62. The molecule has 0 bridgehead atoms. The lowest BCUT2D eigenvalue weighted by molar-refractivity contribution is -0.141. The highest BCUT2D eigenvalue weighted by molar-refractivity contribution is 5.83. The highest BCUT2D eigenvalue weighted by Gasteiger charge is 2.18. The van der Waals surface area contributed by atoms with E-state index in [1.165, 1.54) is 0 Å². The van der Waals surface area contributed by atoms with Gasteiger partial charge in [0.05, 0.1) is 0 Å². The number of amides is 1. The molecule has 0 aliphatic heterocycles. The minimum absolute atomic E-state index is 0.179. The van der Waals surface area contributed by atoms with Crippen molar-refractivity contribution in [3.63, 3.8) is 0 Å². The van der Waals surface area contributed by atoms with Gasteiger partial charge in [-0.15, -0.1) is 0 Å². The van der Waals surface area contributed by atoms with Crippen LogP contribution in [0.25, 0.3) is 0 Å². The SMILES string of the molecule is CCCC(N)CC(=O)N[C@H](CC)C(=O)O. The predicted molar refractivity (Wildman–Crippen MR) is 57.4 cm³/mol. The summed E-state index contributed by atoms with van der Waals surface area (Å²) in [6.45, 7) is 3.70. The van der Waals surface area contributed by atoms with Crippen LogP contribution in [-0.4, -0.2) is 29.1 Å². The van der Waals surface area contributed by atoms with Gasteiger partial charge >= 0.3 is 5.97 Å². The summed E-state index contributed by atoms with van der Waals surface area (Å²) in [7, 11) is 0. The fraction of sp³-hybridized carbons (Fsp3) is 0.800. The fourth-order valence-electron chi connectivity index (χ4n) is 1.30. The first kappa shape index (κ1) is 13.9. The molecule has 88 valence electrons. The number of nitrogens with two attached hydrogens (primary N) is 1. The van der Waals surface area contributed by atoms with Gasteiger partial charge in [-0.25, -0.2) is 4.79 Å². The van der Waals surface area contributed by atoms with Crippen LogP contribution in [0.1, 0.15) is 39.5 Å². The van der Waals surface area contributed by atoms with Gasteiger partial charge in [-0.05, 0) is 12.8 Å². The quantitative estimate of drug-likeness (QED) is 0.577. The third-order valence-corrected chi connectivity index (χ3v) is 2.15. The van der Waals surface area contributed by atoms with E-state index in [-0.39, 0.29) is 18.4 Å². The number of carbonyl (C=O) groups excluding carboxylic acids is 1. The highest BCUT2D eigenvalue weighted by Crippen LogP contribution is 1.99. The number of hydrogen-bond donors (Lipinski definition) is 3. The molecule has 0 aromatic rings. The first-order valence-corrected chi connectivity index (χ1v) is 5.29. The van der Waals surface area contributed by atoms with Crippen LogP contribution in [0.15, 0.2) is 0 Å². The molecule has 5 nitrogen and oxygen atoms in total. The Morgan fingerprint density at radius 3 is 2.40 bits per heavy atom. The molecule has 0 aromatic carbocycles. The molecule has 0 heterocycles. The standard InChI is InChI=1S/C10H20N2O3/c1-3-5-7(11)6-9(13)12-8(4-2)10(14)15/h7-8H,3-6,11H2,1-2H3,(H,12,13)(H,14,15)/t7?,8-/m1/s1. The van der Waals surface area contributed by atoms with Crippen LogP contribution < -0.4 is 11.1 Å². The number of carboxylic acid groups (broad SMARTS) is 1. The van der Waals surface area contributed by atoms with Crippen molar-refractivity contribution in [3.05, 3.63) is 0 Å². The first-order valence-electron chi connectivity index (χ1n) is 5.29. The molecule has 0 saturated heterocycles. The predicted octanol–water partition coefficient (Wildman–Crippen LogP) is 0.483. The van der Waals surface area contributed by atoms with Crippen LogP contribution in [0.3, 0.4) is 0 Å². The van der Waals surface area contributed by atoms with Crippen molar-refractivity contribution in [2.75, 3.05) is 0 Å². The van der Waals surface area contributed by atoms with Gasteiger partial charge in [0.2, 0.25) is 5.91 Å². The number of rotatable bonds is 7. The van der Waals surface area contributed by atoms with Crippen molar-refractivity contribution < 1.29 is 14.7 Å². The minimum atomic E-state index is -1.00. The average molecular weight is 216 g/mol. The van der Waals surface area contributed by atoms with Gasteiger partial charge < -0.3 is 16.2 Å². The Labute approximate surface area is 90.0 Å². The molecule has 1 amide bonds. The van der Waals surface area contributed by atoms with E-state index in [0.29, 0.717) is 6.42 Å². The summed E-state index contributed by atoms with van der Waals surface area (Å²) in [6.07, 6.45) is 2.27. The Hall–Kier alpha value is -1.10. The normalized spacial score (nSPS) is 14.3. The summed E-state index contributed by atoms with van der Waals surface area (Å²) in [6, 6.07) is -0.979. The molecule has 15 heavy (non-hydrogen) atoms. The van der Waals surface area contributed by atoms with E-state index in [1.54, 1.807) is 6.92 Å². The zero-order valence-corrected chi connectivity index (χ0v) is 9.32. The lowest BCUT2D eigenvalue weighted by atomic mass is 10.1. The summed E-state index contributed by atoms with van der Waals surface area (Å²) in [5.74, 6) is -1.29. The van der Waals surface area contributed by atoms with Crippen LogP contribution in [0.4, 0.5) is 0 Å². The Balaban J connectivity index is 3.96. The van der Waals surface area contributed by atoms with Crippen molar-refractivity contribution in [1.29, 1.82) is 0 Å². The van der Waals surface area contributed by atoms with E-state index in [4.69, 9.17) is 10.8 Å². The molecule has 2 atom stereocenters. The van der Waals surface area contributed by atoms with Crippen molar-refractivity contribution in [1.82, 2.24) is 5.32 Å². The summed E-state index contributed by atoms with van der Waals surface area (Å²) in [5, 5.41) is 11.2. The molecular weight excluding hydrogens is 196 g/mol. The Bertz CT molecular complexity index is 219. The number of nitrogens with one attached hydrogen (secondary N) is 1. The molecular formula is C10H20N2O3. The number of carbonyl (C=O) groups is 2. The van der Waals surface area contributed by atoms with Crippen LogP contribution in [-0.2, 0) is 9.59 Å². The van der Waals surface area contributed by atoms with Crippen molar-refractivity contribution >= 4 is 11.9 Å². The fourth-order valence-corrected chi connectivity index (χ4v) is 1.30. The molecule has 0 aliphatic carbocycles. The van der Waals surface area contributed by atoms with E-state index in [1.807, 2.05) is 6.92 Å². The third-order valence-electron chi connectivity index (χ3n) is 2.15. The van der Waals surface area contributed by atoms with Crippen LogP contribution in [0.5, 0.6) is 0 Å². The number of carboxylic acids is 1. The largest absolute Gasteiger partial charge is 0.480 e. The number of aliphatic carboxylic acids is 1. The van der Waals surface area contributed by atoms with Crippen molar-refractivity contribution in [2.24, 2.45) is 5.73 Å². The van der Waals surface area contributed by atoms with Gasteiger partial charge in [-0.3, -0.25) is 4.79 Å². The molecule has 1 unspecified atom stereocenters. The Morgan fingerprint density at radius 1 is 1.40 bits per heavy atom. The molecule has 0 radical (unpaired) electrons. The highest BCUT2D eigenvalue weighted by atomic mass is 16.4. The van der Waals surface area contributed by atoms with Crippen LogP contribution in [0.2, 0.25) is 0 Å². The Morgan fingerprint density at radius 2 is 2.00 bits per heavy atom.